The number of hydrogen-bond acceptors (Lipinski definition) is 5. The number of thioether (sulfide) groups is 1. The van der Waals surface area contributed by atoms with Crippen LogP contribution >= 0.6 is 11.8 Å². The zero-order valence-corrected chi connectivity index (χ0v) is 21.1. The summed E-state index contributed by atoms with van der Waals surface area (Å²) in [7, 11) is 0. The van der Waals surface area contributed by atoms with Crippen LogP contribution in [0.3, 0.4) is 0 Å². The fourth-order valence-electron chi connectivity index (χ4n) is 2.78. The summed E-state index contributed by atoms with van der Waals surface area (Å²) in [5, 5.41) is 22.9. The van der Waals surface area contributed by atoms with Crippen LogP contribution in [0.1, 0.15) is 66.7 Å². The summed E-state index contributed by atoms with van der Waals surface area (Å²) < 4.78 is 0. The van der Waals surface area contributed by atoms with E-state index in [2.05, 4.69) is 49.6 Å². The van der Waals surface area contributed by atoms with E-state index in [9.17, 15) is 24.3 Å². The van der Waals surface area contributed by atoms with Crippen LogP contribution in [0.2, 0.25) is 0 Å². The lowest BCUT2D eigenvalue weighted by molar-refractivity contribution is -0.144. The maximum atomic E-state index is 12.0. The fraction of sp³-hybridized carbons (Fsp3) is 0.583. The monoisotopic (exact) mass is 482 g/mol. The van der Waals surface area contributed by atoms with E-state index in [1.165, 1.54) is 28.5 Å². The van der Waals surface area contributed by atoms with Gasteiger partial charge >= 0.3 is 11.9 Å². The van der Waals surface area contributed by atoms with E-state index >= 15 is 0 Å². The van der Waals surface area contributed by atoms with Crippen molar-refractivity contribution in [1.29, 1.82) is 0 Å². The van der Waals surface area contributed by atoms with E-state index in [1.807, 2.05) is 6.92 Å². The van der Waals surface area contributed by atoms with Gasteiger partial charge in [-0.25, -0.2) is 9.59 Å². The lowest BCUT2D eigenvalue weighted by Gasteiger charge is -2.17. The van der Waals surface area contributed by atoms with Gasteiger partial charge < -0.3 is 20.8 Å². The topological polar surface area (TPSA) is 133 Å². The Morgan fingerprint density at radius 2 is 1.33 bits per heavy atom. The molecule has 186 valence electrons. The average Bonchev–Trinajstić information content (AvgIpc) is 2.68. The van der Waals surface area contributed by atoms with E-state index in [0.29, 0.717) is 5.75 Å². The molecule has 0 heterocycles. The van der Waals surface area contributed by atoms with Crippen molar-refractivity contribution >= 4 is 35.5 Å². The van der Waals surface area contributed by atoms with Crippen molar-refractivity contribution in [2.75, 3.05) is 11.5 Å². The zero-order chi connectivity index (χ0) is 25.4. The summed E-state index contributed by atoms with van der Waals surface area (Å²) in [6.07, 6.45) is 10.0. The number of amides is 2. The minimum Gasteiger partial charge on any atom is -0.480 e. The predicted octanol–water partition coefficient (Wildman–Crippen LogP) is 3.69. The van der Waals surface area contributed by atoms with E-state index in [4.69, 9.17) is 5.11 Å². The second-order valence-corrected chi connectivity index (χ2v) is 9.33. The van der Waals surface area contributed by atoms with Gasteiger partial charge in [-0.3, -0.25) is 9.59 Å². The third-order valence-corrected chi connectivity index (χ3v) is 5.63. The Kier molecular flexibility index (Phi) is 15.7. The Morgan fingerprint density at radius 3 is 1.85 bits per heavy atom. The van der Waals surface area contributed by atoms with Crippen molar-refractivity contribution in [3.63, 3.8) is 0 Å². The highest BCUT2D eigenvalue weighted by Crippen LogP contribution is 2.13. The van der Waals surface area contributed by atoms with Crippen LogP contribution in [0, 0.1) is 0 Å². The summed E-state index contributed by atoms with van der Waals surface area (Å²) in [6.45, 7) is 9.52. The average molecular weight is 483 g/mol. The molecule has 0 fully saturated rings. The Labute approximate surface area is 201 Å². The first-order valence-corrected chi connectivity index (χ1v) is 12.1. The number of nitrogens with one attached hydrogen (secondary N) is 2. The number of aliphatic carboxylic acids is 2. The van der Waals surface area contributed by atoms with Crippen molar-refractivity contribution in [2.45, 2.75) is 78.8 Å². The molecule has 0 aliphatic rings. The highest BCUT2D eigenvalue weighted by atomic mass is 32.2. The molecule has 4 N–H and O–H groups in total. The van der Waals surface area contributed by atoms with E-state index in [0.717, 1.165) is 32.6 Å². The summed E-state index contributed by atoms with van der Waals surface area (Å²) in [5.41, 5.74) is 3.92. The van der Waals surface area contributed by atoms with Crippen LogP contribution < -0.4 is 10.6 Å². The van der Waals surface area contributed by atoms with Crippen molar-refractivity contribution in [1.82, 2.24) is 10.6 Å². The first-order valence-electron chi connectivity index (χ1n) is 11.0. The van der Waals surface area contributed by atoms with Gasteiger partial charge in [0.2, 0.25) is 11.8 Å². The van der Waals surface area contributed by atoms with Gasteiger partial charge in [-0.05, 0) is 53.4 Å². The van der Waals surface area contributed by atoms with Crippen LogP contribution in [0.15, 0.2) is 34.9 Å². The Morgan fingerprint density at radius 1 is 0.788 bits per heavy atom. The van der Waals surface area contributed by atoms with Crippen molar-refractivity contribution in [2.24, 2.45) is 0 Å². The molecular weight excluding hydrogens is 444 g/mol. The third-order valence-electron chi connectivity index (χ3n) is 4.66. The molecule has 0 aliphatic heterocycles. The van der Waals surface area contributed by atoms with Gasteiger partial charge in [0.05, 0.1) is 6.42 Å². The van der Waals surface area contributed by atoms with Gasteiger partial charge in [0.25, 0.3) is 0 Å². The zero-order valence-electron chi connectivity index (χ0n) is 20.3. The summed E-state index contributed by atoms with van der Waals surface area (Å²) in [6, 6.07) is -2.55. The number of rotatable bonds is 16. The molecule has 33 heavy (non-hydrogen) atoms. The first kappa shape index (κ1) is 30.4. The SMILES string of the molecule is CC(=O)N[C@H](CC(=O)N[C@@H](CSCC=C(C)CCC=C(C)CCC=C(C)C)C(=O)O)C(=O)O. The van der Waals surface area contributed by atoms with Crippen molar-refractivity contribution in [3.05, 3.63) is 34.9 Å². The Bertz CT molecular complexity index is 769. The number of carbonyl (C=O) groups excluding carboxylic acids is 2. The molecule has 2 atom stereocenters. The molecule has 0 aromatic rings. The third kappa shape index (κ3) is 16.7. The van der Waals surface area contributed by atoms with Crippen LogP contribution in [0.4, 0.5) is 0 Å². The van der Waals surface area contributed by atoms with Crippen molar-refractivity contribution in [3.8, 4) is 0 Å². The smallest absolute Gasteiger partial charge is 0.327 e. The number of allylic oxidation sites excluding steroid dienone is 5. The van der Waals surface area contributed by atoms with Crippen LogP contribution in [0.5, 0.6) is 0 Å². The normalized spacial score (nSPS) is 13.6. The Hall–Kier alpha value is -2.55. The van der Waals surface area contributed by atoms with Crippen LogP contribution in [-0.4, -0.2) is 57.6 Å². The largest absolute Gasteiger partial charge is 0.480 e. The van der Waals surface area contributed by atoms with E-state index in [-0.39, 0.29) is 5.75 Å². The van der Waals surface area contributed by atoms with E-state index < -0.39 is 42.3 Å². The molecule has 0 saturated carbocycles. The van der Waals surface area contributed by atoms with Crippen LogP contribution in [0.25, 0.3) is 0 Å². The minimum atomic E-state index is -1.40. The predicted molar refractivity (Wildman–Crippen MR) is 132 cm³/mol. The van der Waals surface area contributed by atoms with Gasteiger partial charge in [-0.15, -0.1) is 0 Å². The molecule has 8 nitrogen and oxygen atoms in total. The van der Waals surface area contributed by atoms with Gasteiger partial charge in [0.15, 0.2) is 0 Å². The highest BCUT2D eigenvalue weighted by Gasteiger charge is 2.25. The molecule has 0 saturated heterocycles. The molecule has 0 aliphatic carbocycles. The fourth-order valence-corrected chi connectivity index (χ4v) is 3.78. The summed E-state index contributed by atoms with van der Waals surface area (Å²) in [5.74, 6) is -3.14. The first-order chi connectivity index (χ1) is 15.4. The standard InChI is InChI=1S/C24H38N2O6S/c1-16(2)8-6-9-17(3)10-7-11-18(4)12-13-33-15-21(24(31)32)26-22(28)14-20(23(29)30)25-19(5)27/h8,10,12,20-21H,6-7,9,11,13-15H2,1-5H3,(H,25,27)(H,26,28)(H,29,30)(H,31,32)/t20-,21+/m1/s1. The lowest BCUT2D eigenvalue weighted by atomic mass is 10.1. The number of hydrogen-bond donors (Lipinski definition) is 4. The molecule has 0 rings (SSSR count). The number of carbonyl (C=O) groups is 4. The minimum absolute atomic E-state index is 0.145. The van der Waals surface area contributed by atoms with E-state index in [1.54, 1.807) is 0 Å². The van der Waals surface area contributed by atoms with Gasteiger partial charge in [0, 0.05) is 18.4 Å². The molecule has 0 aromatic heterocycles. The van der Waals surface area contributed by atoms with Crippen LogP contribution in [-0.2, 0) is 19.2 Å². The maximum Gasteiger partial charge on any atom is 0.327 e. The van der Waals surface area contributed by atoms with Gasteiger partial charge in [-0.2, -0.15) is 11.8 Å². The maximum absolute atomic E-state index is 12.0. The molecule has 0 spiro atoms. The summed E-state index contributed by atoms with van der Waals surface area (Å²) in [4.78, 5) is 45.7. The molecule has 2 amide bonds. The number of carboxylic acid groups (broad SMARTS) is 2. The second kappa shape index (κ2) is 17.0. The quantitative estimate of drug-likeness (QED) is 0.195. The second-order valence-electron chi connectivity index (χ2n) is 8.25. The molecule has 0 aromatic carbocycles. The Balaban J connectivity index is 4.46. The van der Waals surface area contributed by atoms with Gasteiger partial charge in [-0.1, -0.05) is 34.9 Å². The molecule has 0 unspecified atom stereocenters. The lowest BCUT2D eigenvalue weighted by Crippen LogP contribution is -2.47. The summed E-state index contributed by atoms with van der Waals surface area (Å²) >= 11 is 1.37. The highest BCUT2D eigenvalue weighted by molar-refractivity contribution is 7.99. The molecule has 9 heteroatoms. The molecule has 0 bridgehead atoms. The molecule has 0 radical (unpaired) electrons. The number of carboxylic acids is 2. The molecular formula is C24H38N2O6S. The van der Waals surface area contributed by atoms with Crippen molar-refractivity contribution < 1.29 is 29.4 Å². The van der Waals surface area contributed by atoms with Gasteiger partial charge in [0.1, 0.15) is 12.1 Å².